The van der Waals surface area contributed by atoms with Gasteiger partial charge in [0.05, 0.1) is 21.2 Å². The lowest BCUT2D eigenvalue weighted by molar-refractivity contribution is 0.100. The lowest BCUT2D eigenvalue weighted by atomic mass is 9.95. The van der Waals surface area contributed by atoms with Crippen molar-refractivity contribution in [2.75, 3.05) is 5.73 Å². The van der Waals surface area contributed by atoms with Gasteiger partial charge in [0.1, 0.15) is 0 Å². The summed E-state index contributed by atoms with van der Waals surface area (Å²) < 4.78 is 22.8. The van der Waals surface area contributed by atoms with Gasteiger partial charge in [0.25, 0.3) is 5.91 Å². The van der Waals surface area contributed by atoms with Crippen molar-refractivity contribution in [1.29, 1.82) is 0 Å². The van der Waals surface area contributed by atoms with Gasteiger partial charge in [-0.1, -0.05) is 23.7 Å². The average Bonchev–Trinajstić information content (AvgIpc) is 3.00. The summed E-state index contributed by atoms with van der Waals surface area (Å²) in [6.07, 6.45) is 1.61. The summed E-state index contributed by atoms with van der Waals surface area (Å²) in [6.45, 7) is 0. The highest BCUT2D eigenvalue weighted by Gasteiger charge is 2.16. The van der Waals surface area contributed by atoms with Crippen molar-refractivity contribution in [3.05, 3.63) is 59.2 Å². The Kier molecular flexibility index (Phi) is 4.49. The molecule has 0 aliphatic heterocycles. The molecule has 7 N–H and O–H groups in total. The van der Waals surface area contributed by atoms with Crippen molar-refractivity contribution in [3.63, 3.8) is 0 Å². The highest BCUT2D eigenvalue weighted by atomic mass is 35.5. The Balaban J connectivity index is 2.20. The van der Waals surface area contributed by atoms with Crippen LogP contribution in [0.25, 0.3) is 22.4 Å². The maximum atomic E-state index is 11.8. The van der Waals surface area contributed by atoms with Crippen LogP contribution in [-0.2, 0) is 10.0 Å². The minimum atomic E-state index is -3.81. The molecule has 0 aliphatic rings. The minimum Gasteiger partial charge on any atom is -0.398 e. The first-order chi connectivity index (χ1) is 12.2. The van der Waals surface area contributed by atoms with Crippen LogP contribution in [0.3, 0.4) is 0 Å². The first-order valence-corrected chi connectivity index (χ1v) is 9.30. The summed E-state index contributed by atoms with van der Waals surface area (Å²) in [4.78, 5) is 14.8. The third kappa shape index (κ3) is 3.43. The zero-order valence-electron chi connectivity index (χ0n) is 13.4. The Bertz CT molecular complexity index is 1110. The number of sulfonamides is 1. The van der Waals surface area contributed by atoms with Crippen molar-refractivity contribution < 1.29 is 13.2 Å². The fraction of sp³-hybridized carbons (Fsp3) is 0. The van der Waals surface area contributed by atoms with Gasteiger partial charge in [-0.25, -0.2) is 13.6 Å². The highest BCUT2D eigenvalue weighted by Crippen LogP contribution is 2.34. The predicted molar refractivity (Wildman–Crippen MR) is 101 cm³/mol. The largest absolute Gasteiger partial charge is 0.398 e. The van der Waals surface area contributed by atoms with Crippen molar-refractivity contribution >= 4 is 33.2 Å². The smallest absolute Gasteiger partial charge is 0.250 e. The molecule has 7 nitrogen and oxygen atoms in total. The van der Waals surface area contributed by atoms with Gasteiger partial charge in [0.15, 0.2) is 0 Å². The number of hydrogen-bond acceptors (Lipinski definition) is 4. The van der Waals surface area contributed by atoms with Gasteiger partial charge >= 0.3 is 0 Å². The number of benzene rings is 2. The van der Waals surface area contributed by atoms with Gasteiger partial charge in [-0.3, -0.25) is 4.79 Å². The molecule has 1 aromatic heterocycles. The Morgan fingerprint density at radius 1 is 1.04 bits per heavy atom. The third-order valence-electron chi connectivity index (χ3n) is 3.90. The molecule has 0 radical (unpaired) electrons. The maximum Gasteiger partial charge on any atom is 0.250 e. The first-order valence-electron chi connectivity index (χ1n) is 7.37. The number of nitrogens with one attached hydrogen (secondary N) is 1. The Labute approximate surface area is 154 Å². The number of hydrogen-bond donors (Lipinski definition) is 4. The van der Waals surface area contributed by atoms with E-state index in [-0.39, 0.29) is 16.1 Å². The number of primary amides is 1. The van der Waals surface area contributed by atoms with E-state index in [2.05, 4.69) is 4.98 Å². The molecule has 1 heterocycles. The van der Waals surface area contributed by atoms with Crippen molar-refractivity contribution in [1.82, 2.24) is 4.98 Å². The predicted octanol–water partition coefficient (Wildman–Crippen LogP) is 2.33. The molecule has 134 valence electrons. The molecule has 3 rings (SSSR count). The Morgan fingerprint density at radius 2 is 1.69 bits per heavy atom. The number of halogens is 1. The minimum absolute atomic E-state index is 0.0257. The molecule has 2 aromatic carbocycles. The molecule has 3 aromatic rings. The Morgan fingerprint density at radius 3 is 2.19 bits per heavy atom. The number of carbonyl (C=O) groups is 1. The number of carbonyl (C=O) groups excluding carboxylic acids is 1. The second-order valence-electron chi connectivity index (χ2n) is 5.65. The molecule has 0 bridgehead atoms. The maximum absolute atomic E-state index is 11.8. The molecular weight excluding hydrogens is 376 g/mol. The van der Waals surface area contributed by atoms with Crippen LogP contribution in [0.4, 0.5) is 5.69 Å². The van der Waals surface area contributed by atoms with Crippen LogP contribution in [0.2, 0.25) is 5.02 Å². The van der Waals surface area contributed by atoms with Crippen LogP contribution in [-0.4, -0.2) is 19.3 Å². The number of rotatable bonds is 4. The molecule has 0 saturated heterocycles. The topological polar surface area (TPSA) is 145 Å². The van der Waals surface area contributed by atoms with Crippen molar-refractivity contribution in [2.45, 2.75) is 4.90 Å². The molecule has 0 atom stereocenters. The fourth-order valence-corrected chi connectivity index (χ4v) is 3.29. The number of amides is 1. The number of aromatic amines is 1. The number of nitrogen functional groups attached to an aromatic ring is 1. The molecule has 0 unspecified atom stereocenters. The average molecular weight is 391 g/mol. The molecule has 0 saturated carbocycles. The van der Waals surface area contributed by atoms with Crippen LogP contribution in [0.15, 0.2) is 53.6 Å². The molecular formula is C17H15ClN4O3S. The summed E-state index contributed by atoms with van der Waals surface area (Å²) >= 11 is 5.94. The van der Waals surface area contributed by atoms with E-state index in [9.17, 15) is 13.2 Å². The molecule has 1 amide bonds. The van der Waals surface area contributed by atoms with Crippen LogP contribution in [0.1, 0.15) is 10.4 Å². The summed E-state index contributed by atoms with van der Waals surface area (Å²) in [7, 11) is -3.81. The normalized spacial score (nSPS) is 11.5. The van der Waals surface area contributed by atoms with Crippen LogP contribution >= 0.6 is 11.6 Å². The molecule has 9 heteroatoms. The summed E-state index contributed by atoms with van der Waals surface area (Å²) in [5.41, 5.74) is 14.4. The lowest BCUT2D eigenvalue weighted by Crippen LogP contribution is -2.14. The second kappa shape index (κ2) is 6.49. The number of anilines is 1. The fourth-order valence-electron chi connectivity index (χ4n) is 2.61. The lowest BCUT2D eigenvalue weighted by Gasteiger charge is -2.13. The summed E-state index contributed by atoms with van der Waals surface area (Å²) in [6, 6.07) is 10.9. The van der Waals surface area contributed by atoms with E-state index in [0.29, 0.717) is 27.4 Å². The molecule has 26 heavy (non-hydrogen) atoms. The number of primary sulfonamides is 1. The monoisotopic (exact) mass is 390 g/mol. The van der Waals surface area contributed by atoms with Gasteiger partial charge in [-0.15, -0.1) is 0 Å². The van der Waals surface area contributed by atoms with E-state index >= 15 is 0 Å². The van der Waals surface area contributed by atoms with Crippen LogP contribution < -0.4 is 16.6 Å². The van der Waals surface area contributed by atoms with E-state index in [1.807, 2.05) is 0 Å². The van der Waals surface area contributed by atoms with E-state index in [1.165, 1.54) is 12.1 Å². The zero-order valence-corrected chi connectivity index (χ0v) is 14.9. The molecule has 0 fully saturated rings. The summed E-state index contributed by atoms with van der Waals surface area (Å²) in [5, 5.41) is 5.62. The Hall–Kier alpha value is -2.81. The third-order valence-corrected chi connectivity index (χ3v) is 5.05. The van der Waals surface area contributed by atoms with Gasteiger partial charge in [0.2, 0.25) is 10.0 Å². The second-order valence-corrected chi connectivity index (χ2v) is 7.65. The highest BCUT2D eigenvalue weighted by molar-refractivity contribution is 7.89. The molecule has 0 aliphatic carbocycles. The summed E-state index contributed by atoms with van der Waals surface area (Å²) in [5.74, 6) is -0.676. The SMILES string of the molecule is NC(=O)c1cc(-c2cc(Cl)c[nH]2)cc(-c2ccc(S(N)(=O)=O)cc2)c1N. The molecule has 0 spiro atoms. The number of aromatic nitrogens is 1. The first kappa shape index (κ1) is 18.0. The standard InChI is InChI=1S/C17H15ClN4O3S/c18-11-7-15(22-8-11)10-5-13(16(19)14(6-10)17(20)23)9-1-3-12(4-2-9)26(21,24)25/h1-8,22H,19H2,(H2,20,23)(H2,21,24,25). The van der Waals surface area contributed by atoms with Gasteiger partial charge in [0, 0.05) is 17.5 Å². The van der Waals surface area contributed by atoms with Crippen LogP contribution in [0.5, 0.6) is 0 Å². The van der Waals surface area contributed by atoms with Crippen LogP contribution in [0, 0.1) is 0 Å². The number of nitrogens with two attached hydrogens (primary N) is 3. The number of H-pyrrole nitrogens is 1. The van der Waals surface area contributed by atoms with E-state index in [1.54, 1.807) is 36.5 Å². The van der Waals surface area contributed by atoms with E-state index < -0.39 is 15.9 Å². The quantitative estimate of drug-likeness (QED) is 0.506. The van der Waals surface area contributed by atoms with Gasteiger partial charge in [-0.05, 0) is 41.5 Å². The van der Waals surface area contributed by atoms with Gasteiger partial charge in [-0.2, -0.15) is 0 Å². The zero-order chi connectivity index (χ0) is 19.1. The van der Waals surface area contributed by atoms with E-state index in [0.717, 1.165) is 0 Å². The van der Waals surface area contributed by atoms with E-state index in [4.69, 9.17) is 28.2 Å². The van der Waals surface area contributed by atoms with Gasteiger partial charge < -0.3 is 16.5 Å². The van der Waals surface area contributed by atoms with Crippen molar-refractivity contribution in [3.8, 4) is 22.4 Å². The van der Waals surface area contributed by atoms with Crippen molar-refractivity contribution in [2.24, 2.45) is 10.9 Å².